The van der Waals surface area contributed by atoms with Gasteiger partial charge in [-0.15, -0.1) is 0 Å². The molecule has 0 heterocycles. The van der Waals surface area contributed by atoms with E-state index < -0.39 is 0 Å². The van der Waals surface area contributed by atoms with Gasteiger partial charge in [-0.3, -0.25) is 0 Å². The topological polar surface area (TPSA) is 60.7 Å². The normalized spacial score (nSPS) is 10.4. The van der Waals surface area contributed by atoms with Gasteiger partial charge in [0.2, 0.25) is 0 Å². The Morgan fingerprint density at radius 2 is 1.35 bits per heavy atom. The first-order valence-electron chi connectivity index (χ1n) is 5.46. The fraction of sp³-hybridized carbons (Fsp3) is 0.143. The van der Waals surface area contributed by atoms with Crippen LogP contribution in [0.4, 0.5) is 0 Å². The van der Waals surface area contributed by atoms with Gasteiger partial charge < -0.3 is 15.3 Å². The van der Waals surface area contributed by atoms with E-state index in [0.717, 1.165) is 11.1 Å². The largest absolute Gasteiger partial charge is 0.508 e. The lowest BCUT2D eigenvalue weighted by molar-refractivity contribution is 0.440. The van der Waals surface area contributed by atoms with Gasteiger partial charge in [0.15, 0.2) is 0 Å². The van der Waals surface area contributed by atoms with Gasteiger partial charge in [-0.05, 0) is 41.8 Å². The van der Waals surface area contributed by atoms with E-state index in [1.807, 2.05) is 6.92 Å². The Kier molecular flexibility index (Phi) is 2.91. The van der Waals surface area contributed by atoms with Crippen LogP contribution in [-0.2, 0) is 6.42 Å². The summed E-state index contributed by atoms with van der Waals surface area (Å²) in [6.07, 6.45) is 0.577. The van der Waals surface area contributed by atoms with Gasteiger partial charge in [0, 0.05) is 5.56 Å². The van der Waals surface area contributed by atoms with Crippen molar-refractivity contribution in [3.8, 4) is 28.4 Å². The molecule has 2 aromatic rings. The van der Waals surface area contributed by atoms with Crippen molar-refractivity contribution in [1.29, 1.82) is 0 Å². The summed E-state index contributed by atoms with van der Waals surface area (Å²) in [5.41, 5.74) is 2.10. The molecule has 0 unspecified atom stereocenters. The van der Waals surface area contributed by atoms with Crippen LogP contribution >= 0.6 is 0 Å². The molecule has 0 saturated heterocycles. The predicted molar refractivity (Wildman–Crippen MR) is 66.3 cm³/mol. The summed E-state index contributed by atoms with van der Waals surface area (Å²) in [5, 5.41) is 28.8. The lowest BCUT2D eigenvalue weighted by atomic mass is 10.0. The second-order valence-electron chi connectivity index (χ2n) is 3.89. The molecule has 3 N–H and O–H groups in total. The smallest absolute Gasteiger partial charge is 0.123 e. The van der Waals surface area contributed by atoms with E-state index >= 15 is 0 Å². The third-order valence-corrected chi connectivity index (χ3v) is 2.76. The number of hydrogen-bond donors (Lipinski definition) is 3. The average Bonchev–Trinajstić information content (AvgIpc) is 2.29. The molecule has 2 rings (SSSR count). The van der Waals surface area contributed by atoms with Crippen molar-refractivity contribution >= 4 is 0 Å². The quantitative estimate of drug-likeness (QED) is 0.743. The van der Waals surface area contributed by atoms with Crippen molar-refractivity contribution in [1.82, 2.24) is 0 Å². The van der Waals surface area contributed by atoms with Crippen molar-refractivity contribution in [2.75, 3.05) is 0 Å². The lowest BCUT2D eigenvalue weighted by Crippen LogP contribution is -1.85. The molecule has 0 aliphatic heterocycles. The minimum atomic E-state index is 0.0931. The van der Waals surface area contributed by atoms with Crippen LogP contribution in [0.2, 0.25) is 0 Å². The fourth-order valence-electron chi connectivity index (χ4n) is 1.82. The molecule has 0 aliphatic carbocycles. The van der Waals surface area contributed by atoms with Gasteiger partial charge in [0.25, 0.3) is 0 Å². The van der Waals surface area contributed by atoms with Gasteiger partial charge >= 0.3 is 0 Å². The average molecular weight is 230 g/mol. The number of hydrogen-bond acceptors (Lipinski definition) is 3. The minimum Gasteiger partial charge on any atom is -0.508 e. The molecular formula is C14H14O3. The maximum Gasteiger partial charge on any atom is 0.123 e. The van der Waals surface area contributed by atoms with Crippen LogP contribution in [0.5, 0.6) is 17.2 Å². The van der Waals surface area contributed by atoms with Gasteiger partial charge in [0.05, 0.1) is 0 Å². The highest BCUT2D eigenvalue weighted by Crippen LogP contribution is 2.34. The number of phenols is 3. The molecule has 0 saturated carbocycles. The molecule has 17 heavy (non-hydrogen) atoms. The highest BCUT2D eigenvalue weighted by atomic mass is 16.3. The van der Waals surface area contributed by atoms with E-state index in [9.17, 15) is 15.3 Å². The Labute approximate surface area is 99.6 Å². The third kappa shape index (κ3) is 2.18. The SMILES string of the molecule is CCc1c(O)cc(-c2ccc(O)cc2)cc1O. The summed E-state index contributed by atoms with van der Waals surface area (Å²) < 4.78 is 0. The first-order chi connectivity index (χ1) is 8.11. The van der Waals surface area contributed by atoms with Crippen LogP contribution in [0.25, 0.3) is 11.1 Å². The van der Waals surface area contributed by atoms with Crippen LogP contribution in [0, 0.1) is 0 Å². The van der Waals surface area contributed by atoms with E-state index in [1.165, 1.54) is 0 Å². The van der Waals surface area contributed by atoms with Crippen LogP contribution in [0.15, 0.2) is 36.4 Å². The number of aromatic hydroxyl groups is 3. The standard InChI is InChI=1S/C14H14O3/c1-2-12-13(16)7-10(8-14(12)17)9-3-5-11(15)6-4-9/h3-8,15-17H,2H2,1H3. The summed E-state index contributed by atoms with van der Waals surface area (Å²) >= 11 is 0. The predicted octanol–water partition coefficient (Wildman–Crippen LogP) is 3.03. The molecule has 0 spiro atoms. The molecular weight excluding hydrogens is 216 g/mol. The Hall–Kier alpha value is -2.16. The molecule has 2 aromatic carbocycles. The molecule has 0 aromatic heterocycles. The maximum absolute atomic E-state index is 9.78. The summed E-state index contributed by atoms with van der Waals surface area (Å²) in [6.45, 7) is 1.87. The summed E-state index contributed by atoms with van der Waals surface area (Å²) in [4.78, 5) is 0. The van der Waals surface area contributed by atoms with Gasteiger partial charge in [-0.2, -0.15) is 0 Å². The van der Waals surface area contributed by atoms with Crippen molar-refractivity contribution in [3.05, 3.63) is 42.0 Å². The van der Waals surface area contributed by atoms with E-state index in [-0.39, 0.29) is 17.2 Å². The molecule has 0 radical (unpaired) electrons. The molecule has 0 bridgehead atoms. The van der Waals surface area contributed by atoms with E-state index in [1.54, 1.807) is 36.4 Å². The van der Waals surface area contributed by atoms with E-state index in [2.05, 4.69) is 0 Å². The molecule has 0 amide bonds. The number of benzene rings is 2. The first kappa shape index (κ1) is 11.3. The number of phenolic OH excluding ortho intramolecular Hbond substituents is 3. The second kappa shape index (κ2) is 4.37. The molecule has 3 heteroatoms. The van der Waals surface area contributed by atoms with Crippen molar-refractivity contribution in [3.63, 3.8) is 0 Å². The Balaban J connectivity index is 2.50. The zero-order chi connectivity index (χ0) is 12.4. The first-order valence-corrected chi connectivity index (χ1v) is 5.46. The third-order valence-electron chi connectivity index (χ3n) is 2.76. The van der Waals surface area contributed by atoms with Crippen molar-refractivity contribution in [2.45, 2.75) is 13.3 Å². The van der Waals surface area contributed by atoms with Crippen LogP contribution in [0.3, 0.4) is 0 Å². The summed E-state index contributed by atoms with van der Waals surface area (Å²) in [5.74, 6) is 0.374. The lowest BCUT2D eigenvalue weighted by Gasteiger charge is -2.08. The van der Waals surface area contributed by atoms with Crippen molar-refractivity contribution in [2.24, 2.45) is 0 Å². The molecule has 88 valence electrons. The van der Waals surface area contributed by atoms with E-state index in [4.69, 9.17) is 0 Å². The maximum atomic E-state index is 9.78. The fourth-order valence-corrected chi connectivity index (χ4v) is 1.82. The molecule has 3 nitrogen and oxygen atoms in total. The Morgan fingerprint density at radius 1 is 0.824 bits per heavy atom. The van der Waals surface area contributed by atoms with Crippen molar-refractivity contribution < 1.29 is 15.3 Å². The Bertz CT molecular complexity index is 507. The Morgan fingerprint density at radius 3 is 1.82 bits per heavy atom. The number of rotatable bonds is 2. The zero-order valence-electron chi connectivity index (χ0n) is 9.51. The van der Waals surface area contributed by atoms with Gasteiger partial charge in [0.1, 0.15) is 17.2 Å². The summed E-state index contributed by atoms with van der Waals surface area (Å²) in [7, 11) is 0. The van der Waals surface area contributed by atoms with Gasteiger partial charge in [-0.25, -0.2) is 0 Å². The molecule has 0 fully saturated rings. The highest BCUT2D eigenvalue weighted by Gasteiger charge is 2.09. The van der Waals surface area contributed by atoms with Crippen LogP contribution in [-0.4, -0.2) is 15.3 Å². The molecule has 0 atom stereocenters. The van der Waals surface area contributed by atoms with Crippen LogP contribution < -0.4 is 0 Å². The van der Waals surface area contributed by atoms with E-state index in [0.29, 0.717) is 12.0 Å². The summed E-state index contributed by atoms with van der Waals surface area (Å²) in [6, 6.07) is 9.83. The monoisotopic (exact) mass is 230 g/mol. The highest BCUT2D eigenvalue weighted by molar-refractivity contribution is 5.69. The minimum absolute atomic E-state index is 0.0931. The van der Waals surface area contributed by atoms with Gasteiger partial charge in [-0.1, -0.05) is 19.1 Å². The second-order valence-corrected chi connectivity index (χ2v) is 3.89. The zero-order valence-corrected chi connectivity index (χ0v) is 9.51. The van der Waals surface area contributed by atoms with Crippen LogP contribution in [0.1, 0.15) is 12.5 Å². The molecule has 0 aliphatic rings.